The number of hydrogen-bond acceptors (Lipinski definition) is 4. The number of alkyl halides is 3. The smallest absolute Gasteiger partial charge is 0.370 e. The lowest BCUT2D eigenvalue weighted by Crippen LogP contribution is -2.44. The Labute approximate surface area is 218 Å². The van der Waals surface area contributed by atoms with Gasteiger partial charge in [0.15, 0.2) is 0 Å². The minimum atomic E-state index is -4.43. The van der Waals surface area contributed by atoms with Crippen LogP contribution in [0, 0.1) is 0 Å². The van der Waals surface area contributed by atoms with Crippen LogP contribution in [-0.2, 0) is 15.8 Å². The molecule has 4 rings (SSSR count). The van der Waals surface area contributed by atoms with Gasteiger partial charge in [-0.25, -0.2) is 0 Å². The standard InChI is InChI=1S/C28H26F3N3O2S/c1-2-33(22-8-4-3-5-9-22)17-16-32-26(35)19-34-23-10-6-7-11-24(23)37-25(27(34)36)18-20-12-14-21(15-13-20)28(29,30)31/h3-15,18H,2,16-17,19H2,1H3,(H,32,35). The molecule has 37 heavy (non-hydrogen) atoms. The molecular formula is C28H26F3N3O2S. The van der Waals surface area contributed by atoms with Crippen molar-refractivity contribution in [3.63, 3.8) is 0 Å². The number of amides is 2. The van der Waals surface area contributed by atoms with Crippen LogP contribution in [0.2, 0.25) is 0 Å². The van der Waals surface area contributed by atoms with Gasteiger partial charge >= 0.3 is 6.18 Å². The van der Waals surface area contributed by atoms with Crippen LogP contribution in [0.25, 0.3) is 6.08 Å². The third kappa shape index (κ3) is 6.54. The predicted octanol–water partition coefficient (Wildman–Crippen LogP) is 5.83. The van der Waals surface area contributed by atoms with Crippen molar-refractivity contribution in [2.45, 2.75) is 18.0 Å². The van der Waals surface area contributed by atoms with Gasteiger partial charge in [0, 0.05) is 30.2 Å². The lowest BCUT2D eigenvalue weighted by atomic mass is 10.1. The Hall–Kier alpha value is -3.72. The lowest BCUT2D eigenvalue weighted by molar-refractivity contribution is -0.137. The molecular weight excluding hydrogens is 499 g/mol. The first-order valence-corrected chi connectivity index (χ1v) is 12.6. The number of carbonyl (C=O) groups excluding carboxylic acids is 2. The van der Waals surface area contributed by atoms with Gasteiger partial charge in [0.1, 0.15) is 6.54 Å². The molecule has 3 aromatic carbocycles. The van der Waals surface area contributed by atoms with Crippen molar-refractivity contribution in [3.05, 3.63) is 94.9 Å². The molecule has 0 atom stereocenters. The summed E-state index contributed by atoms with van der Waals surface area (Å²) in [5.41, 5.74) is 1.40. The van der Waals surface area contributed by atoms with Crippen molar-refractivity contribution in [3.8, 4) is 0 Å². The number of rotatable bonds is 8. The Bertz CT molecular complexity index is 1280. The summed E-state index contributed by atoms with van der Waals surface area (Å²) in [4.78, 5) is 30.8. The quantitative estimate of drug-likeness (QED) is 0.376. The first-order valence-electron chi connectivity index (χ1n) is 11.8. The first-order chi connectivity index (χ1) is 17.8. The van der Waals surface area contributed by atoms with Gasteiger partial charge in [-0.3, -0.25) is 14.5 Å². The number of nitrogens with one attached hydrogen (secondary N) is 1. The van der Waals surface area contributed by atoms with Crippen molar-refractivity contribution in [1.82, 2.24) is 5.32 Å². The minimum absolute atomic E-state index is 0.168. The van der Waals surface area contributed by atoms with Crippen LogP contribution < -0.4 is 15.1 Å². The molecule has 0 unspecified atom stereocenters. The molecule has 1 N–H and O–H groups in total. The number of anilines is 2. The van der Waals surface area contributed by atoms with Gasteiger partial charge in [-0.2, -0.15) is 13.2 Å². The van der Waals surface area contributed by atoms with Gasteiger partial charge in [-0.05, 0) is 55.0 Å². The Kier molecular flexibility index (Phi) is 8.23. The average Bonchev–Trinajstić information content (AvgIpc) is 2.89. The van der Waals surface area contributed by atoms with Crippen LogP contribution in [-0.4, -0.2) is 38.0 Å². The molecule has 3 aromatic rings. The van der Waals surface area contributed by atoms with Gasteiger partial charge in [0.25, 0.3) is 5.91 Å². The van der Waals surface area contributed by atoms with E-state index in [1.54, 1.807) is 18.2 Å². The van der Waals surface area contributed by atoms with Crippen LogP contribution in [0.3, 0.4) is 0 Å². The van der Waals surface area contributed by atoms with Crippen molar-refractivity contribution >= 4 is 41.0 Å². The van der Waals surface area contributed by atoms with E-state index in [4.69, 9.17) is 0 Å². The van der Waals surface area contributed by atoms with Crippen LogP contribution >= 0.6 is 11.8 Å². The molecule has 0 saturated heterocycles. The molecule has 1 aliphatic rings. The topological polar surface area (TPSA) is 52.7 Å². The summed E-state index contributed by atoms with van der Waals surface area (Å²) in [5, 5.41) is 2.89. The molecule has 0 fully saturated rings. The Morgan fingerprint density at radius 2 is 1.68 bits per heavy atom. The summed E-state index contributed by atoms with van der Waals surface area (Å²) in [5.74, 6) is -0.675. The van der Waals surface area contributed by atoms with Crippen LogP contribution in [0.4, 0.5) is 24.5 Å². The van der Waals surface area contributed by atoms with Gasteiger partial charge in [-0.1, -0.05) is 54.2 Å². The molecule has 1 aliphatic heterocycles. The van der Waals surface area contributed by atoms with E-state index in [2.05, 4.69) is 10.2 Å². The highest BCUT2D eigenvalue weighted by atomic mass is 32.2. The van der Waals surface area contributed by atoms with E-state index in [-0.39, 0.29) is 18.4 Å². The molecule has 1 heterocycles. The second kappa shape index (κ2) is 11.6. The van der Waals surface area contributed by atoms with Crippen LogP contribution in [0.15, 0.2) is 88.7 Å². The molecule has 0 radical (unpaired) electrons. The van der Waals surface area contributed by atoms with E-state index in [9.17, 15) is 22.8 Å². The molecule has 5 nitrogen and oxygen atoms in total. The molecule has 9 heteroatoms. The number of hydrogen-bond donors (Lipinski definition) is 1. The van der Waals surface area contributed by atoms with Crippen molar-refractivity contribution in [2.75, 3.05) is 36.0 Å². The van der Waals surface area contributed by atoms with E-state index < -0.39 is 11.7 Å². The van der Waals surface area contributed by atoms with Gasteiger partial charge in [0.2, 0.25) is 5.91 Å². The molecule has 2 amide bonds. The number of carbonyl (C=O) groups is 2. The zero-order valence-corrected chi connectivity index (χ0v) is 21.0. The second-order valence-corrected chi connectivity index (χ2v) is 9.44. The number of fused-ring (bicyclic) bond motifs is 1. The summed E-state index contributed by atoms with van der Waals surface area (Å²) in [6.45, 7) is 3.69. The summed E-state index contributed by atoms with van der Waals surface area (Å²) in [6.07, 6.45) is -2.88. The Morgan fingerprint density at radius 3 is 2.35 bits per heavy atom. The first kappa shape index (κ1) is 26.3. The average molecular weight is 526 g/mol. The molecule has 192 valence electrons. The van der Waals surface area contributed by atoms with Gasteiger partial charge in [-0.15, -0.1) is 0 Å². The minimum Gasteiger partial charge on any atom is -0.370 e. The number of benzene rings is 3. The third-order valence-corrected chi connectivity index (χ3v) is 6.95. The van der Waals surface area contributed by atoms with E-state index in [1.807, 2.05) is 49.4 Å². The Balaban J connectivity index is 1.46. The summed E-state index contributed by atoms with van der Waals surface area (Å²) >= 11 is 1.23. The highest BCUT2D eigenvalue weighted by Crippen LogP contribution is 2.42. The molecule has 0 saturated carbocycles. The third-order valence-electron chi connectivity index (χ3n) is 5.88. The van der Waals surface area contributed by atoms with Crippen molar-refractivity contribution < 1.29 is 22.8 Å². The maximum atomic E-state index is 13.3. The molecule has 0 bridgehead atoms. The largest absolute Gasteiger partial charge is 0.416 e. The maximum absolute atomic E-state index is 13.3. The van der Waals surface area contributed by atoms with E-state index in [1.165, 1.54) is 28.8 Å². The second-order valence-electron chi connectivity index (χ2n) is 8.35. The number of para-hydroxylation sites is 2. The summed E-state index contributed by atoms with van der Waals surface area (Å²) < 4.78 is 38.7. The number of thioether (sulfide) groups is 1. The number of nitrogens with zero attached hydrogens (tertiary/aromatic N) is 2. The SMILES string of the molecule is CCN(CCNC(=O)CN1C(=O)C(=Cc2ccc(C(F)(F)F)cc2)Sc2ccccc21)c1ccccc1. The highest BCUT2D eigenvalue weighted by molar-refractivity contribution is 8.04. The van der Waals surface area contributed by atoms with E-state index in [0.29, 0.717) is 29.2 Å². The van der Waals surface area contributed by atoms with Crippen molar-refractivity contribution in [1.29, 1.82) is 0 Å². The zero-order chi connectivity index (χ0) is 26.4. The number of halogens is 3. The lowest BCUT2D eigenvalue weighted by Gasteiger charge is -2.30. The van der Waals surface area contributed by atoms with Gasteiger partial charge < -0.3 is 10.2 Å². The van der Waals surface area contributed by atoms with E-state index in [0.717, 1.165) is 29.3 Å². The van der Waals surface area contributed by atoms with Crippen LogP contribution in [0.1, 0.15) is 18.1 Å². The van der Waals surface area contributed by atoms with Gasteiger partial charge in [0.05, 0.1) is 16.2 Å². The summed E-state index contributed by atoms with van der Waals surface area (Å²) in [7, 11) is 0. The fourth-order valence-electron chi connectivity index (χ4n) is 3.98. The Morgan fingerprint density at radius 1 is 1.00 bits per heavy atom. The fourth-order valence-corrected chi connectivity index (χ4v) is 5.04. The maximum Gasteiger partial charge on any atom is 0.416 e. The molecule has 0 spiro atoms. The van der Waals surface area contributed by atoms with E-state index >= 15 is 0 Å². The monoisotopic (exact) mass is 525 g/mol. The fraction of sp³-hybridized carbons (Fsp3) is 0.214. The molecule has 0 aromatic heterocycles. The van der Waals surface area contributed by atoms with Crippen LogP contribution in [0.5, 0.6) is 0 Å². The zero-order valence-electron chi connectivity index (χ0n) is 20.2. The summed E-state index contributed by atoms with van der Waals surface area (Å²) in [6, 6.07) is 21.8. The van der Waals surface area contributed by atoms with Crippen molar-refractivity contribution in [2.24, 2.45) is 0 Å². The number of likely N-dealkylation sites (N-methyl/N-ethyl adjacent to an activating group) is 1. The normalized spacial score (nSPS) is 14.4. The molecule has 0 aliphatic carbocycles. The highest BCUT2D eigenvalue weighted by Gasteiger charge is 2.31. The predicted molar refractivity (Wildman–Crippen MR) is 141 cm³/mol.